The molecule has 1 aromatic carbocycles. The van der Waals surface area contributed by atoms with Crippen LogP contribution in [0.1, 0.15) is 13.8 Å². The number of nitrogens with zero attached hydrogens (tertiary/aromatic N) is 2. The third-order valence-electron chi connectivity index (χ3n) is 2.26. The van der Waals surface area contributed by atoms with Crippen LogP contribution >= 0.6 is 11.6 Å². The zero-order valence-electron chi connectivity index (χ0n) is 10.9. The van der Waals surface area contributed by atoms with Gasteiger partial charge in [-0.05, 0) is 26.0 Å². The second kappa shape index (κ2) is 5.92. The quantitative estimate of drug-likeness (QED) is 0.936. The van der Waals surface area contributed by atoms with E-state index in [-0.39, 0.29) is 34.3 Å². The van der Waals surface area contributed by atoms with Crippen molar-refractivity contribution in [2.24, 2.45) is 0 Å². The van der Waals surface area contributed by atoms with Crippen molar-refractivity contribution in [1.82, 2.24) is 9.97 Å². The molecular weight excluding hydrogens is 285 g/mol. The van der Waals surface area contributed by atoms with E-state index in [9.17, 15) is 4.39 Å². The van der Waals surface area contributed by atoms with E-state index in [1.807, 2.05) is 13.8 Å². The molecule has 0 bridgehead atoms. The monoisotopic (exact) mass is 297 g/mol. The fourth-order valence-electron chi connectivity index (χ4n) is 1.41. The normalized spacial score (nSPS) is 10.7. The van der Waals surface area contributed by atoms with Gasteiger partial charge < -0.3 is 15.2 Å². The highest BCUT2D eigenvalue weighted by Crippen LogP contribution is 2.32. The Balaban J connectivity index is 2.27. The average Bonchev–Trinajstić information content (AvgIpc) is 2.38. The van der Waals surface area contributed by atoms with Crippen LogP contribution in [0.15, 0.2) is 24.5 Å². The van der Waals surface area contributed by atoms with Crippen molar-refractivity contribution in [3.8, 4) is 17.5 Å². The lowest BCUT2D eigenvalue weighted by atomic mass is 10.3. The molecule has 0 amide bonds. The Bertz CT molecular complexity index is 623. The van der Waals surface area contributed by atoms with E-state index in [4.69, 9.17) is 26.8 Å². The van der Waals surface area contributed by atoms with Crippen LogP contribution in [-0.4, -0.2) is 16.1 Å². The van der Waals surface area contributed by atoms with Crippen molar-refractivity contribution in [3.05, 3.63) is 35.4 Å². The molecule has 0 aliphatic carbocycles. The predicted octanol–water partition coefficient (Wildman–Crippen LogP) is 3.43. The van der Waals surface area contributed by atoms with Crippen LogP contribution in [0.2, 0.25) is 5.02 Å². The highest BCUT2D eigenvalue weighted by Gasteiger charge is 2.13. The molecule has 1 heterocycles. The second-order valence-corrected chi connectivity index (χ2v) is 4.65. The maximum Gasteiger partial charge on any atom is 0.249 e. The number of nitrogens with two attached hydrogens (primary N) is 1. The fraction of sp³-hybridized carbons (Fsp3) is 0.231. The van der Waals surface area contributed by atoms with Gasteiger partial charge >= 0.3 is 0 Å². The minimum atomic E-state index is -0.588. The van der Waals surface area contributed by atoms with Crippen molar-refractivity contribution >= 4 is 17.3 Å². The Morgan fingerprint density at radius 3 is 2.60 bits per heavy atom. The van der Waals surface area contributed by atoms with E-state index in [1.54, 1.807) is 0 Å². The third kappa shape index (κ3) is 3.27. The van der Waals surface area contributed by atoms with Gasteiger partial charge in [0.05, 0.1) is 11.1 Å². The summed E-state index contributed by atoms with van der Waals surface area (Å²) in [5.41, 5.74) is 6.00. The number of aromatic nitrogens is 2. The number of anilines is 1. The van der Waals surface area contributed by atoms with Gasteiger partial charge in [-0.25, -0.2) is 4.39 Å². The number of rotatable bonds is 4. The highest BCUT2D eigenvalue weighted by atomic mass is 35.5. The molecule has 0 radical (unpaired) electrons. The van der Waals surface area contributed by atoms with E-state index in [0.717, 1.165) is 6.07 Å². The molecule has 0 atom stereocenters. The first-order chi connectivity index (χ1) is 9.47. The van der Waals surface area contributed by atoms with Crippen LogP contribution < -0.4 is 15.2 Å². The largest absolute Gasteiger partial charge is 0.473 e. The molecule has 20 heavy (non-hydrogen) atoms. The first kappa shape index (κ1) is 14.3. The van der Waals surface area contributed by atoms with Gasteiger partial charge in [-0.15, -0.1) is 0 Å². The molecule has 2 aromatic rings. The Morgan fingerprint density at radius 1 is 1.25 bits per heavy atom. The third-order valence-corrected chi connectivity index (χ3v) is 2.57. The number of nitrogen functional groups attached to an aromatic ring is 1. The average molecular weight is 298 g/mol. The Hall–Kier alpha value is -2.08. The van der Waals surface area contributed by atoms with Crippen molar-refractivity contribution in [2.45, 2.75) is 20.0 Å². The van der Waals surface area contributed by atoms with Gasteiger partial charge in [0.15, 0.2) is 5.69 Å². The number of hydrogen-bond acceptors (Lipinski definition) is 5. The molecule has 2 N–H and O–H groups in total. The SMILES string of the molecule is CC(C)Oc1ncnc(Oc2ccc(Cl)c(F)c2)c1N. The molecule has 0 spiro atoms. The van der Waals surface area contributed by atoms with E-state index < -0.39 is 5.82 Å². The van der Waals surface area contributed by atoms with E-state index in [0.29, 0.717) is 0 Å². The lowest BCUT2D eigenvalue weighted by molar-refractivity contribution is 0.232. The van der Waals surface area contributed by atoms with Gasteiger partial charge in [-0.2, -0.15) is 9.97 Å². The molecule has 1 aromatic heterocycles. The van der Waals surface area contributed by atoms with Gasteiger partial charge in [-0.1, -0.05) is 11.6 Å². The first-order valence-electron chi connectivity index (χ1n) is 5.87. The van der Waals surface area contributed by atoms with Gasteiger partial charge in [0.2, 0.25) is 11.8 Å². The summed E-state index contributed by atoms with van der Waals surface area (Å²) in [4.78, 5) is 7.82. The minimum Gasteiger partial charge on any atom is -0.473 e. The number of hydrogen-bond donors (Lipinski definition) is 1. The van der Waals surface area contributed by atoms with Gasteiger partial charge in [-0.3, -0.25) is 0 Å². The second-order valence-electron chi connectivity index (χ2n) is 4.24. The molecule has 0 unspecified atom stereocenters. The highest BCUT2D eigenvalue weighted by molar-refractivity contribution is 6.30. The summed E-state index contributed by atoms with van der Waals surface area (Å²) in [6.07, 6.45) is 1.17. The van der Waals surface area contributed by atoms with Gasteiger partial charge in [0.1, 0.15) is 17.9 Å². The molecule has 0 aliphatic rings. The number of ether oxygens (including phenoxy) is 2. The van der Waals surface area contributed by atoms with Crippen molar-refractivity contribution in [3.63, 3.8) is 0 Å². The van der Waals surface area contributed by atoms with Crippen LogP contribution in [0.3, 0.4) is 0 Å². The summed E-state index contributed by atoms with van der Waals surface area (Å²) in [6.45, 7) is 3.69. The standard InChI is InChI=1S/C13H13ClFN3O2/c1-7(2)19-12-11(16)13(18-6-17-12)20-8-3-4-9(14)10(15)5-8/h3-7H,16H2,1-2H3. The van der Waals surface area contributed by atoms with Crippen LogP contribution in [0.5, 0.6) is 17.5 Å². The summed E-state index contributed by atoms with van der Waals surface area (Å²) in [5.74, 6) is -0.0416. The zero-order chi connectivity index (χ0) is 14.7. The number of benzene rings is 1. The molecule has 106 valence electrons. The Kier molecular flexibility index (Phi) is 4.24. The summed E-state index contributed by atoms with van der Waals surface area (Å²) in [5, 5.41) is 0.0110. The lowest BCUT2D eigenvalue weighted by Gasteiger charge is -2.13. The summed E-state index contributed by atoms with van der Waals surface area (Å²) >= 11 is 5.60. The topological polar surface area (TPSA) is 70.3 Å². The molecule has 0 saturated heterocycles. The van der Waals surface area contributed by atoms with Gasteiger partial charge in [0, 0.05) is 6.07 Å². The van der Waals surface area contributed by atoms with E-state index in [1.165, 1.54) is 18.5 Å². The Labute approximate surface area is 120 Å². The molecule has 0 saturated carbocycles. The first-order valence-corrected chi connectivity index (χ1v) is 6.25. The minimum absolute atomic E-state index is 0.0110. The zero-order valence-corrected chi connectivity index (χ0v) is 11.7. The van der Waals surface area contributed by atoms with Gasteiger partial charge in [0.25, 0.3) is 0 Å². The summed E-state index contributed by atoms with van der Waals surface area (Å²) < 4.78 is 24.2. The fourth-order valence-corrected chi connectivity index (χ4v) is 1.53. The molecule has 0 fully saturated rings. The van der Waals surface area contributed by atoms with E-state index in [2.05, 4.69) is 9.97 Å². The summed E-state index contributed by atoms with van der Waals surface area (Å²) in [7, 11) is 0. The van der Waals surface area contributed by atoms with Crippen LogP contribution in [0.25, 0.3) is 0 Å². The Morgan fingerprint density at radius 2 is 1.95 bits per heavy atom. The van der Waals surface area contributed by atoms with Crippen LogP contribution in [0.4, 0.5) is 10.1 Å². The smallest absolute Gasteiger partial charge is 0.249 e. The van der Waals surface area contributed by atoms with Crippen molar-refractivity contribution in [2.75, 3.05) is 5.73 Å². The molecular formula is C13H13ClFN3O2. The van der Waals surface area contributed by atoms with Crippen LogP contribution in [0, 0.1) is 5.82 Å². The maximum atomic E-state index is 13.3. The predicted molar refractivity (Wildman–Crippen MR) is 73.7 cm³/mol. The molecule has 0 aliphatic heterocycles. The summed E-state index contributed by atoms with van der Waals surface area (Å²) in [6, 6.07) is 4.04. The van der Waals surface area contributed by atoms with E-state index >= 15 is 0 Å². The van der Waals surface area contributed by atoms with Crippen molar-refractivity contribution in [1.29, 1.82) is 0 Å². The van der Waals surface area contributed by atoms with Crippen molar-refractivity contribution < 1.29 is 13.9 Å². The molecule has 7 heteroatoms. The lowest BCUT2D eigenvalue weighted by Crippen LogP contribution is -2.10. The van der Waals surface area contributed by atoms with Crippen LogP contribution in [-0.2, 0) is 0 Å². The molecule has 2 rings (SSSR count). The number of halogens is 2. The molecule has 5 nitrogen and oxygen atoms in total. The maximum absolute atomic E-state index is 13.3.